The lowest BCUT2D eigenvalue weighted by molar-refractivity contribution is 0.736. The van der Waals surface area contributed by atoms with Gasteiger partial charge < -0.3 is 14.2 Å². The number of anilines is 3. The molecule has 0 amide bonds. The topological polar surface area (TPSA) is 10.9 Å². The largest absolute Gasteiger partial charge is 0.352 e. The van der Waals surface area contributed by atoms with Crippen molar-refractivity contribution in [3.8, 4) is 0 Å². The van der Waals surface area contributed by atoms with Gasteiger partial charge in [-0.05, 0) is 42.8 Å². The molecule has 0 fully saturated rings. The van der Waals surface area contributed by atoms with Crippen molar-refractivity contribution in [3.63, 3.8) is 0 Å². The fraction of sp³-hybridized carbons (Fsp3) is 0.172. The highest BCUT2D eigenvalue weighted by Gasteiger charge is 2.27. The second-order valence-electron chi connectivity index (χ2n) is 8.93. The molecule has 3 nitrogen and oxygen atoms in total. The standard InChI is InChI=1S/C29H25N3/c1-2-3-17-30-19-31(28-14-7-6-13-27(28)30)20-15-16-26-24(18-20)23-11-8-10-22-21-9-4-5-12-25(21)32(26)29(22)23/h4-16,18H,2-3,17,19H2,1H3. The molecule has 0 spiro atoms. The number of benzene rings is 4. The van der Waals surface area contributed by atoms with E-state index in [1.54, 1.807) is 0 Å². The Bertz CT molecular complexity index is 1610. The van der Waals surface area contributed by atoms with E-state index in [9.17, 15) is 0 Å². The van der Waals surface area contributed by atoms with Crippen LogP contribution in [-0.2, 0) is 0 Å². The maximum Gasteiger partial charge on any atom is 0.0953 e. The predicted octanol–water partition coefficient (Wildman–Crippen LogP) is 7.55. The molecule has 4 aromatic carbocycles. The predicted molar refractivity (Wildman–Crippen MR) is 137 cm³/mol. The summed E-state index contributed by atoms with van der Waals surface area (Å²) in [4.78, 5) is 4.99. The lowest BCUT2D eigenvalue weighted by atomic mass is 10.1. The molecule has 0 saturated heterocycles. The number of fused-ring (bicyclic) bond motifs is 7. The van der Waals surface area contributed by atoms with Crippen LogP contribution >= 0.6 is 0 Å². The molecular formula is C29H25N3. The summed E-state index contributed by atoms with van der Waals surface area (Å²) in [5.74, 6) is 0. The minimum Gasteiger partial charge on any atom is -0.352 e. The Hall–Kier alpha value is -3.72. The van der Waals surface area contributed by atoms with Gasteiger partial charge in [0.15, 0.2) is 0 Å². The Labute approximate surface area is 187 Å². The second-order valence-corrected chi connectivity index (χ2v) is 8.93. The van der Waals surface area contributed by atoms with Gasteiger partial charge in [0.05, 0.1) is 34.6 Å². The summed E-state index contributed by atoms with van der Waals surface area (Å²) in [6.07, 6.45) is 2.44. The first-order valence-electron chi connectivity index (χ1n) is 11.6. The van der Waals surface area contributed by atoms with Crippen molar-refractivity contribution in [2.75, 3.05) is 23.0 Å². The Morgan fingerprint density at radius 2 is 1.41 bits per heavy atom. The van der Waals surface area contributed by atoms with Crippen molar-refractivity contribution in [3.05, 3.63) is 84.9 Å². The number of unbranched alkanes of at least 4 members (excludes halogenated alkanes) is 1. The molecule has 3 heteroatoms. The molecule has 6 aromatic rings. The number of para-hydroxylation sites is 4. The van der Waals surface area contributed by atoms with Crippen molar-refractivity contribution in [2.45, 2.75) is 19.8 Å². The summed E-state index contributed by atoms with van der Waals surface area (Å²) in [7, 11) is 0. The van der Waals surface area contributed by atoms with Gasteiger partial charge in [0, 0.05) is 33.8 Å². The molecular weight excluding hydrogens is 390 g/mol. The third kappa shape index (κ3) is 2.31. The molecule has 2 aromatic heterocycles. The molecule has 0 radical (unpaired) electrons. The average molecular weight is 416 g/mol. The van der Waals surface area contributed by atoms with E-state index < -0.39 is 0 Å². The van der Waals surface area contributed by atoms with Gasteiger partial charge in [-0.3, -0.25) is 0 Å². The normalized spacial score (nSPS) is 13.9. The smallest absolute Gasteiger partial charge is 0.0953 e. The van der Waals surface area contributed by atoms with Crippen molar-refractivity contribution >= 4 is 55.2 Å². The summed E-state index contributed by atoms with van der Waals surface area (Å²) in [5, 5.41) is 5.34. The molecule has 0 aliphatic carbocycles. The molecule has 1 aliphatic heterocycles. The lowest BCUT2D eigenvalue weighted by Gasteiger charge is -2.22. The fourth-order valence-electron chi connectivity index (χ4n) is 5.63. The van der Waals surface area contributed by atoms with E-state index in [2.05, 4.69) is 106 Å². The van der Waals surface area contributed by atoms with Crippen LogP contribution < -0.4 is 9.80 Å². The number of hydrogen-bond acceptors (Lipinski definition) is 2. The maximum absolute atomic E-state index is 2.52. The van der Waals surface area contributed by atoms with E-state index in [-0.39, 0.29) is 0 Å². The van der Waals surface area contributed by atoms with Crippen LogP contribution in [-0.4, -0.2) is 17.6 Å². The first-order valence-corrected chi connectivity index (χ1v) is 11.6. The molecule has 156 valence electrons. The summed E-state index contributed by atoms with van der Waals surface area (Å²) >= 11 is 0. The molecule has 32 heavy (non-hydrogen) atoms. The highest BCUT2D eigenvalue weighted by molar-refractivity contribution is 6.23. The van der Waals surface area contributed by atoms with Crippen LogP contribution in [0.1, 0.15) is 19.8 Å². The number of hydrogen-bond donors (Lipinski definition) is 0. The minimum atomic E-state index is 0.914. The van der Waals surface area contributed by atoms with Crippen LogP contribution in [0.5, 0.6) is 0 Å². The highest BCUT2D eigenvalue weighted by atomic mass is 15.4. The second kappa shape index (κ2) is 6.64. The summed E-state index contributed by atoms with van der Waals surface area (Å²) in [5.41, 5.74) is 7.84. The van der Waals surface area contributed by atoms with Crippen molar-refractivity contribution in [2.24, 2.45) is 0 Å². The Kier molecular flexibility index (Phi) is 3.71. The SMILES string of the molecule is CCCCN1CN(c2ccc3c(c2)c2cccc4c5ccccc5n3c42)c2ccccc21. The quantitative estimate of drug-likeness (QED) is 0.294. The van der Waals surface area contributed by atoms with Gasteiger partial charge >= 0.3 is 0 Å². The van der Waals surface area contributed by atoms with Crippen LogP contribution in [0, 0.1) is 0 Å². The Morgan fingerprint density at radius 1 is 0.688 bits per heavy atom. The summed E-state index contributed by atoms with van der Waals surface area (Å²) < 4.78 is 2.45. The number of nitrogens with zero attached hydrogens (tertiary/aromatic N) is 3. The Morgan fingerprint density at radius 3 is 2.28 bits per heavy atom. The third-order valence-corrected chi connectivity index (χ3v) is 7.12. The number of rotatable bonds is 4. The van der Waals surface area contributed by atoms with Gasteiger partial charge in [0.25, 0.3) is 0 Å². The molecule has 7 rings (SSSR count). The van der Waals surface area contributed by atoms with Gasteiger partial charge in [-0.2, -0.15) is 0 Å². The Balaban J connectivity index is 1.44. The summed E-state index contributed by atoms with van der Waals surface area (Å²) in [6.45, 7) is 4.28. The molecule has 3 heterocycles. The zero-order valence-corrected chi connectivity index (χ0v) is 18.3. The molecule has 0 bridgehead atoms. The van der Waals surface area contributed by atoms with Crippen LogP contribution in [0.25, 0.3) is 38.1 Å². The van der Waals surface area contributed by atoms with E-state index in [1.165, 1.54) is 68.0 Å². The van der Waals surface area contributed by atoms with Crippen molar-refractivity contribution in [1.29, 1.82) is 0 Å². The maximum atomic E-state index is 2.52. The van der Waals surface area contributed by atoms with E-state index in [4.69, 9.17) is 0 Å². The first kappa shape index (κ1) is 17.9. The molecule has 1 aliphatic rings. The van der Waals surface area contributed by atoms with Crippen LogP contribution in [0.15, 0.2) is 84.9 Å². The van der Waals surface area contributed by atoms with Crippen molar-refractivity contribution in [1.82, 2.24) is 4.40 Å². The molecule has 0 unspecified atom stereocenters. The van der Waals surface area contributed by atoms with Crippen LogP contribution in [0.4, 0.5) is 17.1 Å². The lowest BCUT2D eigenvalue weighted by Crippen LogP contribution is -2.28. The first-order chi connectivity index (χ1) is 15.8. The van der Waals surface area contributed by atoms with Gasteiger partial charge in [0.1, 0.15) is 0 Å². The van der Waals surface area contributed by atoms with E-state index in [1.807, 2.05) is 0 Å². The van der Waals surface area contributed by atoms with E-state index in [0.29, 0.717) is 0 Å². The monoisotopic (exact) mass is 415 g/mol. The van der Waals surface area contributed by atoms with Gasteiger partial charge in [0.2, 0.25) is 0 Å². The zero-order chi connectivity index (χ0) is 21.2. The molecule has 0 atom stereocenters. The number of aromatic nitrogens is 1. The highest BCUT2D eigenvalue weighted by Crippen LogP contribution is 2.44. The average Bonchev–Trinajstić information content (AvgIpc) is 3.49. The van der Waals surface area contributed by atoms with Crippen molar-refractivity contribution < 1.29 is 0 Å². The van der Waals surface area contributed by atoms with E-state index in [0.717, 1.165) is 13.2 Å². The molecule has 0 saturated carbocycles. The minimum absolute atomic E-state index is 0.914. The van der Waals surface area contributed by atoms with E-state index >= 15 is 0 Å². The summed E-state index contributed by atoms with van der Waals surface area (Å²) in [6, 6.07) is 31.3. The molecule has 0 N–H and O–H groups in total. The zero-order valence-electron chi connectivity index (χ0n) is 18.3. The third-order valence-electron chi connectivity index (χ3n) is 7.12. The van der Waals surface area contributed by atoms with Gasteiger partial charge in [-0.15, -0.1) is 0 Å². The van der Waals surface area contributed by atoms with Gasteiger partial charge in [-0.25, -0.2) is 0 Å². The van der Waals surface area contributed by atoms with Crippen LogP contribution in [0.2, 0.25) is 0 Å². The van der Waals surface area contributed by atoms with Crippen LogP contribution in [0.3, 0.4) is 0 Å². The fourth-order valence-corrected chi connectivity index (χ4v) is 5.63. The van der Waals surface area contributed by atoms with Gasteiger partial charge in [-0.1, -0.05) is 61.9 Å².